The van der Waals surface area contributed by atoms with Gasteiger partial charge in [-0.25, -0.2) is 4.79 Å². The van der Waals surface area contributed by atoms with Gasteiger partial charge in [0.25, 0.3) is 0 Å². The molecule has 0 bridgehead atoms. The van der Waals surface area contributed by atoms with Crippen molar-refractivity contribution in [1.29, 1.82) is 0 Å². The maximum atomic E-state index is 11.7. The van der Waals surface area contributed by atoms with Gasteiger partial charge in [0.15, 0.2) is 0 Å². The van der Waals surface area contributed by atoms with E-state index in [9.17, 15) is 4.79 Å². The predicted molar refractivity (Wildman–Crippen MR) is 71.1 cm³/mol. The highest BCUT2D eigenvalue weighted by Crippen LogP contribution is 2.28. The summed E-state index contributed by atoms with van der Waals surface area (Å²) >= 11 is 0. The smallest absolute Gasteiger partial charge is 0.410 e. The Bertz CT molecular complexity index is 477. The third-order valence-corrected chi connectivity index (χ3v) is 2.58. The van der Waals surface area contributed by atoms with E-state index >= 15 is 0 Å². The van der Waals surface area contributed by atoms with Gasteiger partial charge in [0.1, 0.15) is 17.7 Å². The number of hydrogen-bond acceptors (Lipinski definition) is 4. The van der Waals surface area contributed by atoms with Crippen molar-refractivity contribution in [3.63, 3.8) is 0 Å². The number of nitrogens with one attached hydrogen (secondary N) is 2. The molecule has 0 radical (unpaired) electrons. The second-order valence-corrected chi connectivity index (χ2v) is 5.33. The number of rotatable bonds is 2. The number of benzene rings is 1. The van der Waals surface area contributed by atoms with Crippen molar-refractivity contribution in [3.05, 3.63) is 42.2 Å². The fourth-order valence-corrected chi connectivity index (χ4v) is 1.57. The van der Waals surface area contributed by atoms with Crippen molar-refractivity contribution in [3.8, 4) is 5.75 Å². The average molecular weight is 262 g/mol. The summed E-state index contributed by atoms with van der Waals surface area (Å²) in [4.78, 5) is 17.0. The minimum absolute atomic E-state index is 0.104. The molecule has 5 nitrogen and oxygen atoms in total. The fraction of sp³-hybridized carbons (Fsp3) is 0.357. The Hall–Kier alpha value is -2.01. The van der Waals surface area contributed by atoms with E-state index in [2.05, 4.69) is 10.8 Å². The number of carbonyl (C=O) groups excluding carboxylic acids is 1. The van der Waals surface area contributed by atoms with E-state index in [-0.39, 0.29) is 11.6 Å². The van der Waals surface area contributed by atoms with Gasteiger partial charge in [-0.2, -0.15) is 0 Å². The Balaban J connectivity index is 1.89. The first-order chi connectivity index (χ1) is 8.95. The minimum Gasteiger partial charge on any atom is -0.410 e. The van der Waals surface area contributed by atoms with E-state index in [4.69, 9.17) is 9.57 Å². The summed E-state index contributed by atoms with van der Waals surface area (Å²) in [7, 11) is 0. The van der Waals surface area contributed by atoms with Gasteiger partial charge in [0, 0.05) is 5.41 Å². The molecule has 0 saturated heterocycles. The maximum absolute atomic E-state index is 11.7. The second kappa shape index (κ2) is 5.32. The molecule has 0 spiro atoms. The van der Waals surface area contributed by atoms with Crippen LogP contribution in [0.1, 0.15) is 20.8 Å². The van der Waals surface area contributed by atoms with E-state index in [0.717, 1.165) is 5.76 Å². The van der Waals surface area contributed by atoms with Crippen LogP contribution in [0.15, 0.2) is 42.2 Å². The lowest BCUT2D eigenvalue weighted by molar-refractivity contribution is 0.0731. The summed E-state index contributed by atoms with van der Waals surface area (Å²) in [5.74, 6) is 1.29. The standard InChI is InChI=1S/C14H18N2O3/c1-14(2,3)11-9-12(16-19-11)15-13(17)18-10-7-5-4-6-8-10/h4-9,12,16H,1-3H3,(H,15,17). The molecule has 2 N–H and O–H groups in total. The molecule has 1 aromatic rings. The Morgan fingerprint density at radius 2 is 2.00 bits per heavy atom. The fourth-order valence-electron chi connectivity index (χ4n) is 1.57. The predicted octanol–water partition coefficient (Wildman–Crippen LogP) is 2.57. The lowest BCUT2D eigenvalue weighted by atomic mass is 9.94. The number of hydroxylamine groups is 1. The van der Waals surface area contributed by atoms with Crippen LogP contribution < -0.4 is 15.5 Å². The van der Waals surface area contributed by atoms with Crippen molar-refractivity contribution >= 4 is 6.09 Å². The van der Waals surface area contributed by atoms with Crippen molar-refractivity contribution < 1.29 is 14.4 Å². The first-order valence-electron chi connectivity index (χ1n) is 6.13. The molecule has 102 valence electrons. The van der Waals surface area contributed by atoms with Crippen LogP contribution in [0.2, 0.25) is 0 Å². The molecule has 0 fully saturated rings. The third-order valence-electron chi connectivity index (χ3n) is 2.58. The van der Waals surface area contributed by atoms with E-state index in [1.165, 1.54) is 0 Å². The van der Waals surface area contributed by atoms with Crippen LogP contribution >= 0.6 is 0 Å². The molecule has 5 heteroatoms. The van der Waals surface area contributed by atoms with Crippen LogP contribution in [0.25, 0.3) is 0 Å². The van der Waals surface area contributed by atoms with E-state index < -0.39 is 6.09 Å². The van der Waals surface area contributed by atoms with Gasteiger partial charge >= 0.3 is 6.09 Å². The molecule has 1 aromatic carbocycles. The number of allylic oxidation sites excluding steroid dienone is 1. The molecule has 1 atom stereocenters. The van der Waals surface area contributed by atoms with Gasteiger partial charge in [-0.05, 0) is 18.2 Å². The molecular formula is C14H18N2O3. The summed E-state index contributed by atoms with van der Waals surface area (Å²) in [5, 5.41) is 2.66. The zero-order valence-corrected chi connectivity index (χ0v) is 11.3. The first-order valence-corrected chi connectivity index (χ1v) is 6.13. The summed E-state index contributed by atoms with van der Waals surface area (Å²) in [6.07, 6.45) is 0.913. The van der Waals surface area contributed by atoms with Gasteiger partial charge in [0.2, 0.25) is 0 Å². The molecular weight excluding hydrogens is 244 g/mol. The number of ether oxygens (including phenoxy) is 1. The Kier molecular flexibility index (Phi) is 3.76. The van der Waals surface area contributed by atoms with Crippen molar-refractivity contribution in [2.24, 2.45) is 5.41 Å². The Labute approximate surface area is 112 Å². The molecule has 0 aromatic heterocycles. The minimum atomic E-state index is -0.529. The monoisotopic (exact) mass is 262 g/mol. The highest BCUT2D eigenvalue weighted by Gasteiger charge is 2.27. The average Bonchev–Trinajstić information content (AvgIpc) is 2.78. The van der Waals surface area contributed by atoms with E-state index in [1.807, 2.05) is 32.9 Å². The highest BCUT2D eigenvalue weighted by atomic mass is 16.7. The van der Waals surface area contributed by atoms with Crippen molar-refractivity contribution in [2.75, 3.05) is 0 Å². The third kappa shape index (κ3) is 3.72. The molecule has 1 amide bonds. The number of carbonyl (C=O) groups is 1. The molecule has 0 aliphatic carbocycles. The lowest BCUT2D eigenvalue weighted by Gasteiger charge is -2.17. The molecule has 1 heterocycles. The Morgan fingerprint density at radius 3 is 2.58 bits per heavy atom. The van der Waals surface area contributed by atoms with E-state index in [0.29, 0.717) is 5.75 Å². The summed E-state index contributed by atoms with van der Waals surface area (Å²) < 4.78 is 5.12. The van der Waals surface area contributed by atoms with Crippen LogP contribution in [0.5, 0.6) is 5.75 Å². The summed E-state index contributed by atoms with van der Waals surface area (Å²) in [6, 6.07) is 8.90. The SMILES string of the molecule is CC(C)(C)C1=CC(NC(=O)Oc2ccccc2)NO1. The molecule has 1 aliphatic heterocycles. The topological polar surface area (TPSA) is 59.6 Å². The van der Waals surface area contributed by atoms with E-state index in [1.54, 1.807) is 24.3 Å². The van der Waals surface area contributed by atoms with Crippen LogP contribution in [-0.2, 0) is 4.84 Å². The largest absolute Gasteiger partial charge is 0.414 e. The Morgan fingerprint density at radius 1 is 1.32 bits per heavy atom. The van der Waals surface area contributed by atoms with Crippen LogP contribution in [0.3, 0.4) is 0 Å². The van der Waals surface area contributed by atoms with Crippen LogP contribution in [0.4, 0.5) is 4.79 Å². The van der Waals surface area contributed by atoms with Crippen LogP contribution in [0, 0.1) is 5.41 Å². The maximum Gasteiger partial charge on any atom is 0.414 e. The zero-order valence-electron chi connectivity index (χ0n) is 11.3. The normalized spacial score (nSPS) is 18.5. The van der Waals surface area contributed by atoms with Gasteiger partial charge in [0.05, 0.1) is 0 Å². The summed E-state index contributed by atoms with van der Waals surface area (Å²) in [5.41, 5.74) is 2.62. The van der Waals surface area contributed by atoms with Gasteiger partial charge < -0.3 is 9.57 Å². The second-order valence-electron chi connectivity index (χ2n) is 5.33. The molecule has 2 rings (SSSR count). The first kappa shape index (κ1) is 13.4. The van der Waals surface area contributed by atoms with Crippen molar-refractivity contribution in [2.45, 2.75) is 26.9 Å². The summed E-state index contributed by atoms with van der Waals surface area (Å²) in [6.45, 7) is 6.10. The number of para-hydroxylation sites is 1. The quantitative estimate of drug-likeness (QED) is 0.860. The molecule has 1 aliphatic rings. The van der Waals surface area contributed by atoms with Gasteiger partial charge in [-0.1, -0.05) is 39.0 Å². The zero-order chi connectivity index (χ0) is 13.9. The lowest BCUT2D eigenvalue weighted by Crippen LogP contribution is -2.42. The molecule has 0 saturated carbocycles. The van der Waals surface area contributed by atoms with Gasteiger partial charge in [-0.15, -0.1) is 5.48 Å². The number of amides is 1. The van der Waals surface area contributed by atoms with Gasteiger partial charge in [-0.3, -0.25) is 5.32 Å². The molecule has 19 heavy (non-hydrogen) atoms. The number of hydrogen-bond donors (Lipinski definition) is 2. The van der Waals surface area contributed by atoms with Crippen LogP contribution in [-0.4, -0.2) is 12.3 Å². The highest BCUT2D eigenvalue weighted by molar-refractivity contribution is 5.70. The molecule has 1 unspecified atom stereocenters. The van der Waals surface area contributed by atoms with Crippen molar-refractivity contribution in [1.82, 2.24) is 10.8 Å².